The number of imide groups is 1. The van der Waals surface area contributed by atoms with Crippen LogP contribution in [0.2, 0.25) is 0 Å². The summed E-state index contributed by atoms with van der Waals surface area (Å²) in [6, 6.07) is 15.2. The number of nitrogens with zero attached hydrogens (tertiary/aromatic N) is 3. The second-order valence-electron chi connectivity index (χ2n) is 5.24. The fourth-order valence-corrected chi connectivity index (χ4v) is 2.79. The predicted octanol–water partition coefficient (Wildman–Crippen LogP) is 2.17. The first-order valence-electron chi connectivity index (χ1n) is 7.13. The van der Waals surface area contributed by atoms with E-state index in [0.29, 0.717) is 24.3 Å². The van der Waals surface area contributed by atoms with E-state index in [1.807, 2.05) is 42.5 Å². The number of aromatic nitrogens is 2. The first-order chi connectivity index (χ1) is 10.8. The molecule has 1 aliphatic heterocycles. The molecule has 3 aromatic rings. The summed E-state index contributed by atoms with van der Waals surface area (Å²) >= 11 is 0. The SMILES string of the molecule is O=C1c2nc3ccccn3c2C(=O)N1CCc1ccccc1. The molecule has 5 nitrogen and oxygen atoms in total. The fourth-order valence-electron chi connectivity index (χ4n) is 2.79. The number of carbonyl (C=O) groups excluding carboxylic acids is 2. The highest BCUT2D eigenvalue weighted by molar-refractivity contribution is 6.20. The molecule has 0 bridgehead atoms. The Balaban J connectivity index is 1.64. The molecule has 2 amide bonds. The third-order valence-corrected chi connectivity index (χ3v) is 3.89. The lowest BCUT2D eigenvalue weighted by Crippen LogP contribution is -2.32. The standard InChI is InChI=1S/C17H13N3O2/c21-16-14-15(19-10-5-4-8-13(19)18-14)17(22)20(16)11-9-12-6-2-1-3-7-12/h1-8,10H,9,11H2. The fraction of sp³-hybridized carbons (Fsp3) is 0.118. The molecule has 0 fully saturated rings. The molecule has 0 atom stereocenters. The van der Waals surface area contributed by atoms with E-state index in [1.165, 1.54) is 4.90 Å². The minimum absolute atomic E-state index is 0.254. The van der Waals surface area contributed by atoms with Gasteiger partial charge in [0.15, 0.2) is 5.69 Å². The number of imidazole rings is 1. The van der Waals surface area contributed by atoms with Crippen LogP contribution in [0.25, 0.3) is 5.65 Å². The summed E-state index contributed by atoms with van der Waals surface area (Å²) in [5, 5.41) is 0. The van der Waals surface area contributed by atoms with Crippen LogP contribution in [0.5, 0.6) is 0 Å². The van der Waals surface area contributed by atoms with Gasteiger partial charge in [-0.1, -0.05) is 36.4 Å². The van der Waals surface area contributed by atoms with E-state index in [-0.39, 0.29) is 17.5 Å². The monoisotopic (exact) mass is 291 g/mol. The van der Waals surface area contributed by atoms with Crippen LogP contribution >= 0.6 is 0 Å². The zero-order valence-corrected chi connectivity index (χ0v) is 11.8. The zero-order valence-electron chi connectivity index (χ0n) is 11.8. The highest BCUT2D eigenvalue weighted by atomic mass is 16.2. The van der Waals surface area contributed by atoms with Crippen molar-refractivity contribution in [1.82, 2.24) is 14.3 Å². The summed E-state index contributed by atoms with van der Waals surface area (Å²) in [7, 11) is 0. The Kier molecular flexibility index (Phi) is 2.79. The van der Waals surface area contributed by atoms with E-state index in [1.54, 1.807) is 16.7 Å². The van der Waals surface area contributed by atoms with Gasteiger partial charge in [-0.3, -0.25) is 18.9 Å². The van der Waals surface area contributed by atoms with Crippen molar-refractivity contribution >= 4 is 17.5 Å². The van der Waals surface area contributed by atoms with Gasteiger partial charge in [-0.2, -0.15) is 0 Å². The predicted molar refractivity (Wildman–Crippen MR) is 80.7 cm³/mol. The van der Waals surface area contributed by atoms with Crippen molar-refractivity contribution in [1.29, 1.82) is 0 Å². The van der Waals surface area contributed by atoms with Gasteiger partial charge in [0.2, 0.25) is 0 Å². The summed E-state index contributed by atoms with van der Waals surface area (Å²) in [6.07, 6.45) is 2.40. The first kappa shape index (κ1) is 12.8. The molecule has 1 aliphatic rings. The maximum Gasteiger partial charge on any atom is 0.281 e. The number of amides is 2. The lowest BCUT2D eigenvalue weighted by Gasteiger charge is -2.13. The summed E-state index contributed by atoms with van der Waals surface area (Å²) in [5.74, 6) is -0.575. The number of pyridine rings is 1. The number of carbonyl (C=O) groups is 2. The minimum Gasteiger partial charge on any atom is -0.295 e. The number of benzene rings is 1. The molecule has 4 rings (SSSR count). The second-order valence-corrected chi connectivity index (χ2v) is 5.24. The molecule has 108 valence electrons. The van der Waals surface area contributed by atoms with Crippen LogP contribution in [0.4, 0.5) is 0 Å². The average molecular weight is 291 g/mol. The molecular weight excluding hydrogens is 278 g/mol. The smallest absolute Gasteiger partial charge is 0.281 e. The summed E-state index contributed by atoms with van der Waals surface area (Å²) < 4.78 is 1.68. The Morgan fingerprint density at radius 3 is 2.50 bits per heavy atom. The molecule has 22 heavy (non-hydrogen) atoms. The van der Waals surface area contributed by atoms with Crippen molar-refractivity contribution in [2.24, 2.45) is 0 Å². The summed E-state index contributed by atoms with van der Waals surface area (Å²) in [6.45, 7) is 0.368. The number of rotatable bonds is 3. The Labute approximate surface area is 126 Å². The summed E-state index contributed by atoms with van der Waals surface area (Å²) in [4.78, 5) is 30.5. The van der Waals surface area contributed by atoms with Crippen molar-refractivity contribution in [3.05, 3.63) is 71.7 Å². The normalized spacial score (nSPS) is 13.9. The maximum absolute atomic E-state index is 12.5. The van der Waals surface area contributed by atoms with Crippen LogP contribution in [0.1, 0.15) is 26.5 Å². The van der Waals surface area contributed by atoms with E-state index < -0.39 is 0 Å². The van der Waals surface area contributed by atoms with Gasteiger partial charge < -0.3 is 0 Å². The molecule has 0 unspecified atom stereocenters. The third kappa shape index (κ3) is 1.83. The maximum atomic E-state index is 12.5. The van der Waals surface area contributed by atoms with Gasteiger partial charge in [0.1, 0.15) is 11.3 Å². The number of hydrogen-bond acceptors (Lipinski definition) is 3. The van der Waals surface area contributed by atoms with E-state index in [0.717, 1.165) is 5.56 Å². The van der Waals surface area contributed by atoms with Crippen molar-refractivity contribution in [3.63, 3.8) is 0 Å². The highest BCUT2D eigenvalue weighted by Crippen LogP contribution is 2.24. The zero-order chi connectivity index (χ0) is 15.1. The van der Waals surface area contributed by atoms with Gasteiger partial charge in [-0.25, -0.2) is 4.98 Å². The molecule has 0 spiro atoms. The molecular formula is C17H13N3O2. The highest BCUT2D eigenvalue weighted by Gasteiger charge is 2.39. The molecule has 2 aromatic heterocycles. The molecule has 0 N–H and O–H groups in total. The van der Waals surface area contributed by atoms with Crippen molar-refractivity contribution < 1.29 is 9.59 Å². The van der Waals surface area contributed by atoms with Gasteiger partial charge in [0.25, 0.3) is 11.8 Å². The van der Waals surface area contributed by atoms with Crippen LogP contribution in [-0.4, -0.2) is 32.6 Å². The topological polar surface area (TPSA) is 54.7 Å². The summed E-state index contributed by atoms with van der Waals surface area (Å²) in [5.41, 5.74) is 2.34. The quantitative estimate of drug-likeness (QED) is 0.695. The van der Waals surface area contributed by atoms with Crippen LogP contribution in [0.15, 0.2) is 54.7 Å². The van der Waals surface area contributed by atoms with Gasteiger partial charge in [-0.15, -0.1) is 0 Å². The van der Waals surface area contributed by atoms with Gasteiger partial charge in [0, 0.05) is 12.7 Å². The Hall–Kier alpha value is -2.95. The van der Waals surface area contributed by atoms with E-state index in [2.05, 4.69) is 4.98 Å². The Morgan fingerprint density at radius 1 is 0.909 bits per heavy atom. The van der Waals surface area contributed by atoms with Crippen LogP contribution in [0, 0.1) is 0 Å². The Bertz CT molecular complexity index is 883. The van der Waals surface area contributed by atoms with Gasteiger partial charge in [-0.05, 0) is 24.1 Å². The molecule has 0 radical (unpaired) electrons. The second kappa shape index (κ2) is 4.80. The van der Waals surface area contributed by atoms with Crippen LogP contribution in [-0.2, 0) is 6.42 Å². The first-order valence-corrected chi connectivity index (χ1v) is 7.13. The molecule has 3 heterocycles. The van der Waals surface area contributed by atoms with Crippen molar-refractivity contribution in [2.45, 2.75) is 6.42 Å². The minimum atomic E-state index is -0.306. The van der Waals surface area contributed by atoms with Gasteiger partial charge >= 0.3 is 0 Å². The molecule has 5 heteroatoms. The molecule has 0 aliphatic carbocycles. The molecule has 1 aromatic carbocycles. The number of hydrogen-bond donors (Lipinski definition) is 0. The van der Waals surface area contributed by atoms with Crippen LogP contribution < -0.4 is 0 Å². The molecule has 0 saturated heterocycles. The average Bonchev–Trinajstić information content (AvgIpc) is 3.04. The van der Waals surface area contributed by atoms with E-state index in [4.69, 9.17) is 0 Å². The van der Waals surface area contributed by atoms with Crippen LogP contribution in [0.3, 0.4) is 0 Å². The lowest BCUT2D eigenvalue weighted by molar-refractivity contribution is 0.0651. The van der Waals surface area contributed by atoms with Gasteiger partial charge in [0.05, 0.1) is 0 Å². The molecule has 0 saturated carbocycles. The van der Waals surface area contributed by atoms with E-state index >= 15 is 0 Å². The Morgan fingerprint density at radius 2 is 1.68 bits per heavy atom. The van der Waals surface area contributed by atoms with Crippen molar-refractivity contribution in [2.75, 3.05) is 6.54 Å². The largest absolute Gasteiger partial charge is 0.295 e. The van der Waals surface area contributed by atoms with Crippen molar-refractivity contribution in [3.8, 4) is 0 Å². The lowest BCUT2D eigenvalue weighted by atomic mass is 10.1. The number of fused-ring (bicyclic) bond motifs is 3. The third-order valence-electron chi connectivity index (χ3n) is 3.89. The van der Waals surface area contributed by atoms with E-state index in [9.17, 15) is 9.59 Å².